The van der Waals surface area contributed by atoms with Crippen LogP contribution in [0.5, 0.6) is 11.5 Å². The Morgan fingerprint density at radius 1 is 1.38 bits per heavy atom. The van der Waals surface area contributed by atoms with Gasteiger partial charge in [-0.05, 0) is 24.3 Å². The largest absolute Gasteiger partial charge is 0.508 e. The van der Waals surface area contributed by atoms with E-state index in [1.807, 2.05) is 0 Å². The van der Waals surface area contributed by atoms with Gasteiger partial charge in [-0.3, -0.25) is 14.5 Å². The van der Waals surface area contributed by atoms with E-state index in [0.29, 0.717) is 5.75 Å². The molecular weight excluding hydrogens is 424 g/mol. The zero-order valence-corrected chi connectivity index (χ0v) is 16.4. The minimum absolute atomic E-state index is 0.0994. The number of nitrogens with zero attached hydrogens (tertiary/aromatic N) is 2. The van der Waals surface area contributed by atoms with Crippen molar-refractivity contribution < 1.29 is 29.3 Å². The highest BCUT2D eigenvalue weighted by atomic mass is 35.5. The van der Waals surface area contributed by atoms with E-state index in [4.69, 9.17) is 16.3 Å². The number of phenols is 1. The van der Waals surface area contributed by atoms with Crippen molar-refractivity contribution in [3.63, 3.8) is 0 Å². The van der Waals surface area contributed by atoms with Crippen LogP contribution in [0.25, 0.3) is 0 Å². The first kappa shape index (κ1) is 20.8. The summed E-state index contributed by atoms with van der Waals surface area (Å²) in [6.07, 6.45) is 1.42. The van der Waals surface area contributed by atoms with E-state index in [-0.39, 0.29) is 35.4 Å². The Morgan fingerprint density at radius 2 is 2.10 bits per heavy atom. The van der Waals surface area contributed by atoms with Crippen molar-refractivity contribution in [3.05, 3.63) is 35.0 Å². The Morgan fingerprint density at radius 3 is 2.79 bits per heavy atom. The number of hydrogen-bond donors (Lipinski definition) is 4. The van der Waals surface area contributed by atoms with Gasteiger partial charge in [0.25, 0.3) is 5.91 Å². The number of hydrogen-bond acceptors (Lipinski definition) is 8. The number of thioether (sulfide) groups is 1. The van der Waals surface area contributed by atoms with Gasteiger partial charge in [0.05, 0.1) is 11.2 Å². The second-order valence-electron chi connectivity index (χ2n) is 5.97. The van der Waals surface area contributed by atoms with Crippen LogP contribution >= 0.6 is 23.4 Å². The number of halogens is 1. The first-order valence-electron chi connectivity index (χ1n) is 8.40. The van der Waals surface area contributed by atoms with Gasteiger partial charge in [-0.2, -0.15) is 5.10 Å². The standard InChI is InChI=1S/C17H17ClN4O6S/c18-11-8-29-16-13(15(25)22(16)14(11)17(26)27)21-12(24)7-20-19-5-6-28-10-3-1-9(23)2-4-10/h1-5,13,16,20,23H,6-8H2,(H,21,24)(H,26,27)/b19-5+. The topological polar surface area (TPSA) is 141 Å². The molecule has 4 N–H and O–H groups in total. The zero-order chi connectivity index (χ0) is 21.0. The Labute approximate surface area is 174 Å². The lowest BCUT2D eigenvalue weighted by molar-refractivity contribution is -0.150. The summed E-state index contributed by atoms with van der Waals surface area (Å²) >= 11 is 7.18. The predicted octanol–water partition coefficient (Wildman–Crippen LogP) is 0.281. The lowest BCUT2D eigenvalue weighted by Gasteiger charge is -2.48. The molecule has 2 aliphatic rings. The van der Waals surface area contributed by atoms with Gasteiger partial charge in [-0.1, -0.05) is 11.6 Å². The molecule has 0 bridgehead atoms. The highest BCUT2D eigenvalue weighted by molar-refractivity contribution is 8.00. The van der Waals surface area contributed by atoms with Gasteiger partial charge in [0.2, 0.25) is 5.91 Å². The van der Waals surface area contributed by atoms with Crippen LogP contribution in [0.1, 0.15) is 0 Å². The Balaban J connectivity index is 1.40. The van der Waals surface area contributed by atoms with Crippen LogP contribution in [0.2, 0.25) is 0 Å². The van der Waals surface area contributed by atoms with Crippen LogP contribution in [-0.4, -0.2) is 69.4 Å². The van der Waals surface area contributed by atoms with Crippen LogP contribution in [0.15, 0.2) is 40.1 Å². The number of nitrogens with one attached hydrogen (secondary N) is 2. The van der Waals surface area contributed by atoms with Crippen LogP contribution in [0, 0.1) is 0 Å². The number of fused-ring (bicyclic) bond motifs is 1. The molecule has 0 aromatic heterocycles. The predicted molar refractivity (Wildman–Crippen MR) is 106 cm³/mol. The van der Waals surface area contributed by atoms with E-state index in [1.54, 1.807) is 12.1 Å². The maximum absolute atomic E-state index is 12.2. The summed E-state index contributed by atoms with van der Waals surface area (Å²) in [6.45, 7) is -0.0154. The second-order valence-corrected chi connectivity index (χ2v) is 7.53. The summed E-state index contributed by atoms with van der Waals surface area (Å²) in [5.41, 5.74) is 2.30. The molecule has 1 aromatic carbocycles. The Bertz CT molecular complexity index is 875. The number of carbonyl (C=O) groups is 3. The number of amides is 2. The third-order valence-electron chi connectivity index (χ3n) is 4.02. The van der Waals surface area contributed by atoms with E-state index in [2.05, 4.69) is 15.8 Å². The minimum atomic E-state index is -1.27. The number of aromatic hydroxyl groups is 1. The van der Waals surface area contributed by atoms with E-state index in [1.165, 1.54) is 30.1 Å². The van der Waals surface area contributed by atoms with Crippen LogP contribution in [0.3, 0.4) is 0 Å². The third kappa shape index (κ3) is 4.74. The number of hydrazone groups is 1. The molecule has 3 rings (SSSR count). The summed E-state index contributed by atoms with van der Waals surface area (Å²) < 4.78 is 5.35. The van der Waals surface area contributed by atoms with Crippen LogP contribution < -0.4 is 15.5 Å². The lowest BCUT2D eigenvalue weighted by Crippen LogP contribution is -2.70. The molecule has 0 radical (unpaired) electrons. The van der Waals surface area contributed by atoms with Gasteiger partial charge in [0.1, 0.15) is 41.8 Å². The number of carboxylic acids is 1. The van der Waals surface area contributed by atoms with Gasteiger partial charge < -0.3 is 25.7 Å². The van der Waals surface area contributed by atoms with Crippen molar-refractivity contribution >= 4 is 47.4 Å². The maximum Gasteiger partial charge on any atom is 0.353 e. The molecule has 2 amide bonds. The average Bonchev–Trinajstić information content (AvgIpc) is 2.69. The fourth-order valence-electron chi connectivity index (χ4n) is 2.70. The first-order valence-corrected chi connectivity index (χ1v) is 9.83. The summed E-state index contributed by atoms with van der Waals surface area (Å²) in [7, 11) is 0. The average molecular weight is 441 g/mol. The fourth-order valence-corrected chi connectivity index (χ4v) is 4.25. The van der Waals surface area contributed by atoms with Crippen molar-refractivity contribution in [2.45, 2.75) is 11.4 Å². The van der Waals surface area contributed by atoms with Crippen molar-refractivity contribution in [1.82, 2.24) is 15.6 Å². The maximum atomic E-state index is 12.2. The summed E-state index contributed by atoms with van der Waals surface area (Å²) in [5.74, 6) is -1.30. The number of ether oxygens (including phenoxy) is 1. The molecule has 29 heavy (non-hydrogen) atoms. The molecule has 2 aliphatic heterocycles. The SMILES string of the molecule is O=C(CN/N=C/COc1ccc(O)cc1)NC1C(=O)N2C(C(=O)O)=C(Cl)CSC12. The van der Waals surface area contributed by atoms with E-state index < -0.39 is 29.2 Å². The van der Waals surface area contributed by atoms with Gasteiger partial charge in [-0.15, -0.1) is 11.8 Å². The number of carboxylic acid groups (broad SMARTS) is 1. The van der Waals surface area contributed by atoms with Gasteiger partial charge >= 0.3 is 5.97 Å². The van der Waals surface area contributed by atoms with Crippen molar-refractivity contribution in [3.8, 4) is 11.5 Å². The van der Waals surface area contributed by atoms with Gasteiger partial charge in [-0.25, -0.2) is 4.79 Å². The molecule has 2 atom stereocenters. The normalized spacial score (nSPS) is 20.9. The molecule has 10 nitrogen and oxygen atoms in total. The summed E-state index contributed by atoms with van der Waals surface area (Å²) in [4.78, 5) is 36.6. The molecule has 0 saturated carbocycles. The van der Waals surface area contributed by atoms with Gasteiger partial charge in [0, 0.05) is 5.75 Å². The Kier molecular flexibility index (Phi) is 6.49. The van der Waals surface area contributed by atoms with E-state index >= 15 is 0 Å². The van der Waals surface area contributed by atoms with Crippen molar-refractivity contribution in [2.24, 2.45) is 5.10 Å². The molecule has 1 saturated heterocycles. The molecular formula is C17H17ClN4O6S. The molecule has 2 heterocycles. The molecule has 0 aliphatic carbocycles. The molecule has 12 heteroatoms. The smallest absolute Gasteiger partial charge is 0.353 e. The molecule has 2 unspecified atom stereocenters. The number of phenolic OH excluding ortho intramolecular Hbond substituents is 1. The minimum Gasteiger partial charge on any atom is -0.508 e. The second kappa shape index (κ2) is 9.05. The van der Waals surface area contributed by atoms with Crippen LogP contribution in [0.4, 0.5) is 0 Å². The fraction of sp³-hybridized carbons (Fsp3) is 0.294. The Hall–Kier alpha value is -2.92. The zero-order valence-electron chi connectivity index (χ0n) is 14.9. The highest BCUT2D eigenvalue weighted by Crippen LogP contribution is 2.41. The molecule has 1 fully saturated rings. The van der Waals surface area contributed by atoms with Crippen molar-refractivity contribution in [2.75, 3.05) is 18.9 Å². The van der Waals surface area contributed by atoms with Gasteiger partial charge in [0.15, 0.2) is 0 Å². The number of aliphatic carboxylic acids is 1. The third-order valence-corrected chi connectivity index (χ3v) is 5.78. The highest BCUT2D eigenvalue weighted by Gasteiger charge is 2.54. The number of β-lactam (4-membered cyclic amide) rings is 1. The quantitative estimate of drug-likeness (QED) is 0.257. The van der Waals surface area contributed by atoms with Crippen molar-refractivity contribution in [1.29, 1.82) is 0 Å². The monoisotopic (exact) mass is 440 g/mol. The number of benzene rings is 1. The number of carbonyl (C=O) groups excluding carboxylic acids is 2. The molecule has 1 aromatic rings. The number of rotatable bonds is 8. The lowest BCUT2D eigenvalue weighted by atomic mass is 10.1. The molecule has 154 valence electrons. The summed E-state index contributed by atoms with van der Waals surface area (Å²) in [5, 5.41) is 24.4. The summed E-state index contributed by atoms with van der Waals surface area (Å²) in [6, 6.07) is 5.38. The van der Waals surface area contributed by atoms with E-state index in [0.717, 1.165) is 4.90 Å². The molecule has 0 spiro atoms. The first-order chi connectivity index (χ1) is 13.9. The van der Waals surface area contributed by atoms with Crippen LogP contribution in [-0.2, 0) is 14.4 Å². The van der Waals surface area contributed by atoms with E-state index in [9.17, 15) is 24.6 Å².